The topological polar surface area (TPSA) is 55.2 Å². The number of nitrogens with zero attached hydrogens (tertiary/aromatic N) is 1. The number of benzene rings is 1. The fourth-order valence-corrected chi connectivity index (χ4v) is 1.74. The van der Waals surface area contributed by atoms with Gasteiger partial charge in [0.2, 0.25) is 0 Å². The summed E-state index contributed by atoms with van der Waals surface area (Å²) < 4.78 is 0. The molecule has 0 unspecified atom stereocenters. The molecule has 4 nitrogen and oxygen atoms in total. The molecule has 1 atom stereocenters. The molecule has 0 spiro atoms. The number of nitro groups is 1. The number of nitrogens with one attached hydrogen (secondary N) is 1. The van der Waals surface area contributed by atoms with Crippen molar-refractivity contribution >= 4 is 5.69 Å². The zero-order chi connectivity index (χ0) is 12.1. The van der Waals surface area contributed by atoms with E-state index in [-0.39, 0.29) is 10.6 Å². The van der Waals surface area contributed by atoms with Gasteiger partial charge in [-0.25, -0.2) is 0 Å². The van der Waals surface area contributed by atoms with Gasteiger partial charge in [0.25, 0.3) is 5.69 Å². The summed E-state index contributed by atoms with van der Waals surface area (Å²) in [6.07, 6.45) is 0.885. The van der Waals surface area contributed by atoms with Gasteiger partial charge < -0.3 is 5.32 Å². The monoisotopic (exact) mass is 222 g/mol. The lowest BCUT2D eigenvalue weighted by Crippen LogP contribution is -2.33. The van der Waals surface area contributed by atoms with Crippen LogP contribution >= 0.6 is 0 Å². The molecule has 0 aromatic heterocycles. The Morgan fingerprint density at radius 2 is 1.81 bits per heavy atom. The van der Waals surface area contributed by atoms with Crippen LogP contribution in [-0.4, -0.2) is 17.0 Å². The van der Waals surface area contributed by atoms with Crippen LogP contribution in [0.25, 0.3) is 0 Å². The molecule has 1 aromatic carbocycles. The minimum absolute atomic E-state index is 0.147. The molecule has 0 saturated heterocycles. The maximum absolute atomic E-state index is 10.5. The highest BCUT2D eigenvalue weighted by atomic mass is 16.6. The van der Waals surface area contributed by atoms with Gasteiger partial charge in [0.1, 0.15) is 0 Å². The lowest BCUT2D eigenvalue weighted by Gasteiger charge is -2.16. The molecule has 4 heteroatoms. The lowest BCUT2D eigenvalue weighted by atomic mass is 10.1. The molecule has 0 aliphatic carbocycles. The highest BCUT2D eigenvalue weighted by molar-refractivity contribution is 5.33. The Kier molecular flexibility index (Phi) is 4.43. The molecular formula is C12H18N2O2. The Morgan fingerprint density at radius 1 is 1.25 bits per heavy atom. The average Bonchev–Trinajstić information content (AvgIpc) is 2.16. The van der Waals surface area contributed by atoms with Crippen molar-refractivity contribution in [3.8, 4) is 0 Å². The van der Waals surface area contributed by atoms with Crippen molar-refractivity contribution in [1.29, 1.82) is 0 Å². The van der Waals surface area contributed by atoms with Crippen molar-refractivity contribution in [1.82, 2.24) is 5.32 Å². The summed E-state index contributed by atoms with van der Waals surface area (Å²) in [5.74, 6) is 0. The summed E-state index contributed by atoms with van der Waals surface area (Å²) in [5.41, 5.74) is 1.26. The van der Waals surface area contributed by atoms with E-state index in [0.29, 0.717) is 12.1 Å². The second-order valence-electron chi connectivity index (χ2n) is 4.35. The first-order chi connectivity index (χ1) is 7.49. The van der Waals surface area contributed by atoms with Gasteiger partial charge in [0.15, 0.2) is 0 Å². The molecule has 1 rings (SSSR count). The van der Waals surface area contributed by atoms with Gasteiger partial charge in [-0.1, -0.05) is 26.0 Å². The van der Waals surface area contributed by atoms with E-state index in [1.54, 1.807) is 12.1 Å². The van der Waals surface area contributed by atoms with Crippen LogP contribution in [0.4, 0.5) is 5.69 Å². The fourth-order valence-electron chi connectivity index (χ4n) is 1.74. The molecule has 0 aliphatic heterocycles. The number of non-ortho nitro benzene ring substituents is 1. The van der Waals surface area contributed by atoms with Crippen molar-refractivity contribution in [2.45, 2.75) is 39.3 Å². The molecule has 0 heterocycles. The van der Waals surface area contributed by atoms with Crippen LogP contribution in [0.1, 0.15) is 26.3 Å². The van der Waals surface area contributed by atoms with E-state index < -0.39 is 0 Å². The molecule has 0 saturated carbocycles. The van der Waals surface area contributed by atoms with Gasteiger partial charge in [0.05, 0.1) is 4.92 Å². The average molecular weight is 222 g/mol. The fraction of sp³-hybridized carbons (Fsp3) is 0.500. The van der Waals surface area contributed by atoms with Crippen LogP contribution < -0.4 is 5.32 Å². The third kappa shape index (κ3) is 3.98. The van der Waals surface area contributed by atoms with Gasteiger partial charge in [-0.05, 0) is 18.9 Å². The van der Waals surface area contributed by atoms with Crippen LogP contribution in [0.2, 0.25) is 0 Å². The first-order valence-corrected chi connectivity index (χ1v) is 5.48. The van der Waals surface area contributed by atoms with Crippen molar-refractivity contribution in [3.05, 3.63) is 39.9 Å². The van der Waals surface area contributed by atoms with Gasteiger partial charge >= 0.3 is 0 Å². The number of rotatable bonds is 5. The van der Waals surface area contributed by atoms with Gasteiger partial charge in [-0.3, -0.25) is 10.1 Å². The smallest absolute Gasteiger partial charge is 0.269 e. The lowest BCUT2D eigenvalue weighted by molar-refractivity contribution is -0.384. The van der Waals surface area contributed by atoms with E-state index in [0.717, 1.165) is 12.0 Å². The molecule has 0 aliphatic rings. The number of nitro benzene ring substituents is 1. The number of hydrogen-bond donors (Lipinski definition) is 1. The van der Waals surface area contributed by atoms with E-state index in [1.807, 2.05) is 12.1 Å². The molecule has 1 aromatic rings. The third-order valence-corrected chi connectivity index (χ3v) is 2.31. The first kappa shape index (κ1) is 12.6. The van der Waals surface area contributed by atoms with E-state index in [1.165, 1.54) is 0 Å². The summed E-state index contributed by atoms with van der Waals surface area (Å²) in [6, 6.07) is 7.57. The number of hydrogen-bond acceptors (Lipinski definition) is 3. The summed E-state index contributed by atoms with van der Waals surface area (Å²) in [5, 5.41) is 13.9. The quantitative estimate of drug-likeness (QED) is 0.615. The maximum atomic E-state index is 10.5. The van der Waals surface area contributed by atoms with Crippen LogP contribution in [0, 0.1) is 10.1 Å². The Hall–Kier alpha value is -1.42. The zero-order valence-corrected chi connectivity index (χ0v) is 9.93. The first-order valence-electron chi connectivity index (χ1n) is 5.48. The normalized spacial score (nSPS) is 12.8. The van der Waals surface area contributed by atoms with Gasteiger partial charge in [-0.2, -0.15) is 0 Å². The van der Waals surface area contributed by atoms with E-state index in [9.17, 15) is 10.1 Å². The molecule has 0 bridgehead atoms. The van der Waals surface area contributed by atoms with E-state index in [4.69, 9.17) is 0 Å². The standard InChI is InChI=1S/C12H18N2O2/c1-9(2)13-10(3)8-11-4-6-12(7-5-11)14(15)16/h4-7,9-10,13H,8H2,1-3H3/t10-/m1/s1. The van der Waals surface area contributed by atoms with E-state index in [2.05, 4.69) is 26.1 Å². The molecule has 16 heavy (non-hydrogen) atoms. The highest BCUT2D eigenvalue weighted by Crippen LogP contribution is 2.13. The Bertz CT molecular complexity index is 347. The Labute approximate surface area is 95.8 Å². The molecule has 0 fully saturated rings. The van der Waals surface area contributed by atoms with Crippen molar-refractivity contribution < 1.29 is 4.92 Å². The van der Waals surface area contributed by atoms with E-state index >= 15 is 0 Å². The van der Waals surface area contributed by atoms with Crippen LogP contribution in [0.5, 0.6) is 0 Å². The predicted molar refractivity (Wildman–Crippen MR) is 64.5 cm³/mol. The maximum Gasteiger partial charge on any atom is 0.269 e. The van der Waals surface area contributed by atoms with Crippen LogP contribution in [-0.2, 0) is 6.42 Å². The van der Waals surface area contributed by atoms with Gasteiger partial charge in [0, 0.05) is 24.2 Å². The van der Waals surface area contributed by atoms with Crippen molar-refractivity contribution in [2.24, 2.45) is 0 Å². The van der Waals surface area contributed by atoms with Crippen LogP contribution in [0.3, 0.4) is 0 Å². The summed E-state index contributed by atoms with van der Waals surface area (Å²) in [4.78, 5) is 10.1. The molecular weight excluding hydrogens is 204 g/mol. The highest BCUT2D eigenvalue weighted by Gasteiger charge is 2.07. The predicted octanol–water partition coefficient (Wildman–Crippen LogP) is 2.52. The largest absolute Gasteiger partial charge is 0.312 e. The van der Waals surface area contributed by atoms with Gasteiger partial charge in [-0.15, -0.1) is 0 Å². The van der Waals surface area contributed by atoms with Crippen LogP contribution in [0.15, 0.2) is 24.3 Å². The second-order valence-corrected chi connectivity index (χ2v) is 4.35. The molecule has 88 valence electrons. The summed E-state index contributed by atoms with van der Waals surface area (Å²) in [7, 11) is 0. The summed E-state index contributed by atoms with van der Waals surface area (Å²) in [6.45, 7) is 6.32. The molecule has 0 radical (unpaired) electrons. The van der Waals surface area contributed by atoms with Crippen molar-refractivity contribution in [2.75, 3.05) is 0 Å². The zero-order valence-electron chi connectivity index (χ0n) is 9.93. The SMILES string of the molecule is CC(C)N[C@H](C)Cc1ccc([N+](=O)[O-])cc1. The molecule has 0 amide bonds. The Morgan fingerprint density at radius 3 is 2.25 bits per heavy atom. The second kappa shape index (κ2) is 5.61. The van der Waals surface area contributed by atoms with Crippen molar-refractivity contribution in [3.63, 3.8) is 0 Å². The minimum Gasteiger partial charge on any atom is -0.312 e. The summed E-state index contributed by atoms with van der Waals surface area (Å²) >= 11 is 0. The Balaban J connectivity index is 2.58. The third-order valence-electron chi connectivity index (χ3n) is 2.31. The minimum atomic E-state index is -0.375. The molecule has 1 N–H and O–H groups in total.